The number of fused-ring (bicyclic) bond motifs is 3. The molecule has 2 nitrogen and oxygen atoms in total. The van der Waals surface area contributed by atoms with E-state index in [0.29, 0.717) is 5.39 Å². The first kappa shape index (κ1) is 10.1. The summed E-state index contributed by atoms with van der Waals surface area (Å²) < 4.78 is 42.1. The summed E-state index contributed by atoms with van der Waals surface area (Å²) in [5.74, 6) is -1.20. The van der Waals surface area contributed by atoms with E-state index in [9.17, 15) is 13.2 Å². The predicted octanol–water partition coefficient (Wildman–Crippen LogP) is 4.00. The third-order valence-corrected chi connectivity index (χ3v) is 2.53. The lowest BCUT2D eigenvalue weighted by Crippen LogP contribution is -2.04. The maximum Gasteiger partial charge on any atom is 0.468 e. The van der Waals surface area contributed by atoms with E-state index in [-0.39, 0.29) is 11.1 Å². The summed E-state index contributed by atoms with van der Waals surface area (Å²) in [5.41, 5.74) is 0.395. The Morgan fingerprint density at radius 3 is 2.53 bits per heavy atom. The van der Waals surface area contributed by atoms with Crippen LogP contribution in [0.25, 0.3) is 21.9 Å². The molecule has 3 aromatic rings. The molecule has 0 aliphatic carbocycles. The van der Waals surface area contributed by atoms with Gasteiger partial charge in [0.05, 0.1) is 0 Å². The molecule has 2 aromatic carbocycles. The van der Waals surface area contributed by atoms with Crippen molar-refractivity contribution in [2.75, 3.05) is 0 Å². The molecule has 0 saturated heterocycles. The van der Waals surface area contributed by atoms with E-state index in [0.717, 1.165) is 5.39 Å². The number of rotatable bonds is 0. The second kappa shape index (κ2) is 3.23. The Morgan fingerprint density at radius 2 is 1.76 bits per heavy atom. The molecule has 0 saturated carbocycles. The molecular formula is C12H6F3NO. The molecular weight excluding hydrogens is 231 g/mol. The summed E-state index contributed by atoms with van der Waals surface area (Å²) in [6, 6.07) is 10.3. The van der Waals surface area contributed by atoms with Crippen LogP contribution >= 0.6 is 0 Å². The van der Waals surface area contributed by atoms with Crippen LogP contribution in [0.15, 0.2) is 40.8 Å². The number of hydrogen-bond donors (Lipinski definition) is 0. The van der Waals surface area contributed by atoms with Gasteiger partial charge in [0, 0.05) is 5.39 Å². The standard InChI is InChI=1S/C12H6F3NO/c13-12(14,15)11-16-10-8-4-2-1-3-7(8)5-6-9(10)17-11/h1-6H. The van der Waals surface area contributed by atoms with Gasteiger partial charge in [-0.15, -0.1) is 0 Å². The molecule has 0 aliphatic heterocycles. The molecule has 1 aromatic heterocycles. The second-order valence-electron chi connectivity index (χ2n) is 3.65. The van der Waals surface area contributed by atoms with Gasteiger partial charge in [-0.2, -0.15) is 13.2 Å². The van der Waals surface area contributed by atoms with Crippen molar-refractivity contribution < 1.29 is 17.6 Å². The molecule has 0 N–H and O–H groups in total. The first-order valence-corrected chi connectivity index (χ1v) is 4.91. The molecule has 0 amide bonds. The fourth-order valence-electron chi connectivity index (χ4n) is 1.78. The zero-order chi connectivity index (χ0) is 12.0. The van der Waals surface area contributed by atoms with Gasteiger partial charge in [0.2, 0.25) is 0 Å². The van der Waals surface area contributed by atoms with Gasteiger partial charge in [-0.05, 0) is 11.5 Å². The van der Waals surface area contributed by atoms with Gasteiger partial charge < -0.3 is 4.42 Å². The first-order valence-electron chi connectivity index (χ1n) is 4.91. The predicted molar refractivity (Wildman–Crippen MR) is 56.5 cm³/mol. The van der Waals surface area contributed by atoms with Gasteiger partial charge in [-0.25, -0.2) is 4.98 Å². The highest BCUT2D eigenvalue weighted by molar-refractivity contribution is 6.03. The van der Waals surface area contributed by atoms with Crippen LogP contribution in [0.1, 0.15) is 5.89 Å². The topological polar surface area (TPSA) is 26.0 Å². The fourth-order valence-corrected chi connectivity index (χ4v) is 1.78. The van der Waals surface area contributed by atoms with E-state index in [1.165, 1.54) is 6.07 Å². The quantitative estimate of drug-likeness (QED) is 0.590. The average molecular weight is 237 g/mol. The molecule has 0 atom stereocenters. The smallest absolute Gasteiger partial charge is 0.433 e. The summed E-state index contributed by atoms with van der Waals surface area (Å²) in [5, 5.41) is 1.49. The Kier molecular flexibility index (Phi) is 1.92. The number of oxazole rings is 1. The number of halogens is 3. The minimum Gasteiger partial charge on any atom is -0.433 e. The SMILES string of the molecule is FC(F)(F)c1nc2c(ccc3ccccc32)o1. The monoisotopic (exact) mass is 237 g/mol. The molecule has 5 heteroatoms. The van der Waals surface area contributed by atoms with Crippen molar-refractivity contribution in [2.45, 2.75) is 6.18 Å². The van der Waals surface area contributed by atoms with Crippen LogP contribution in [0.5, 0.6) is 0 Å². The van der Waals surface area contributed by atoms with Crippen molar-refractivity contribution in [2.24, 2.45) is 0 Å². The van der Waals surface area contributed by atoms with Crippen LogP contribution < -0.4 is 0 Å². The lowest BCUT2D eigenvalue weighted by Gasteiger charge is -1.97. The molecule has 0 unspecified atom stereocenters. The zero-order valence-electron chi connectivity index (χ0n) is 8.45. The minimum absolute atomic E-state index is 0.149. The van der Waals surface area contributed by atoms with Gasteiger partial charge >= 0.3 is 12.1 Å². The summed E-state index contributed by atoms with van der Waals surface area (Å²) in [6.45, 7) is 0. The van der Waals surface area contributed by atoms with E-state index in [1.807, 2.05) is 12.1 Å². The Morgan fingerprint density at radius 1 is 1.00 bits per heavy atom. The van der Waals surface area contributed by atoms with Crippen LogP contribution in [-0.2, 0) is 6.18 Å². The van der Waals surface area contributed by atoms with Gasteiger partial charge in [0.1, 0.15) is 5.52 Å². The Balaban J connectivity index is 2.39. The van der Waals surface area contributed by atoms with E-state index in [4.69, 9.17) is 4.42 Å². The average Bonchev–Trinajstić information content (AvgIpc) is 2.72. The summed E-state index contributed by atoms with van der Waals surface area (Å²) in [7, 11) is 0. The lowest BCUT2D eigenvalue weighted by atomic mass is 10.1. The Labute approximate surface area is 93.7 Å². The molecule has 0 aliphatic rings. The Bertz CT molecular complexity index is 700. The third kappa shape index (κ3) is 1.54. The number of alkyl halides is 3. The molecule has 0 spiro atoms. The molecule has 17 heavy (non-hydrogen) atoms. The lowest BCUT2D eigenvalue weighted by molar-refractivity contribution is -0.156. The largest absolute Gasteiger partial charge is 0.468 e. The van der Waals surface area contributed by atoms with Crippen LogP contribution in [0.2, 0.25) is 0 Å². The van der Waals surface area contributed by atoms with E-state index in [1.54, 1.807) is 18.2 Å². The number of hydrogen-bond acceptors (Lipinski definition) is 2. The fraction of sp³-hybridized carbons (Fsp3) is 0.0833. The highest BCUT2D eigenvalue weighted by Crippen LogP contribution is 2.33. The molecule has 0 fully saturated rings. The van der Waals surface area contributed by atoms with Crippen molar-refractivity contribution in [3.05, 3.63) is 42.3 Å². The van der Waals surface area contributed by atoms with Gasteiger partial charge in [0.15, 0.2) is 5.58 Å². The second-order valence-corrected chi connectivity index (χ2v) is 3.65. The number of benzene rings is 2. The van der Waals surface area contributed by atoms with Crippen molar-refractivity contribution in [3.8, 4) is 0 Å². The molecule has 0 radical (unpaired) electrons. The molecule has 1 heterocycles. The maximum absolute atomic E-state index is 12.5. The van der Waals surface area contributed by atoms with Crippen LogP contribution in [0.4, 0.5) is 13.2 Å². The van der Waals surface area contributed by atoms with Crippen molar-refractivity contribution in [3.63, 3.8) is 0 Å². The van der Waals surface area contributed by atoms with Crippen LogP contribution in [0, 0.1) is 0 Å². The van der Waals surface area contributed by atoms with Crippen LogP contribution in [-0.4, -0.2) is 4.98 Å². The zero-order valence-corrected chi connectivity index (χ0v) is 8.45. The first-order chi connectivity index (χ1) is 8.05. The molecule has 86 valence electrons. The summed E-state index contributed by atoms with van der Waals surface area (Å²) in [6.07, 6.45) is -4.56. The highest BCUT2D eigenvalue weighted by atomic mass is 19.4. The number of aromatic nitrogens is 1. The Hall–Kier alpha value is -2.04. The van der Waals surface area contributed by atoms with Crippen molar-refractivity contribution in [1.82, 2.24) is 4.98 Å². The van der Waals surface area contributed by atoms with Crippen molar-refractivity contribution >= 4 is 21.9 Å². The normalized spacial score (nSPS) is 12.4. The van der Waals surface area contributed by atoms with E-state index in [2.05, 4.69) is 4.98 Å². The minimum atomic E-state index is -4.56. The number of nitrogens with zero attached hydrogens (tertiary/aromatic N) is 1. The molecule has 3 rings (SSSR count). The molecule has 0 bridgehead atoms. The van der Waals surface area contributed by atoms with E-state index >= 15 is 0 Å². The van der Waals surface area contributed by atoms with Gasteiger partial charge in [-0.1, -0.05) is 30.3 Å². The summed E-state index contributed by atoms with van der Waals surface area (Å²) in [4.78, 5) is 3.52. The van der Waals surface area contributed by atoms with E-state index < -0.39 is 12.1 Å². The van der Waals surface area contributed by atoms with Gasteiger partial charge in [-0.3, -0.25) is 0 Å². The highest BCUT2D eigenvalue weighted by Gasteiger charge is 2.37. The maximum atomic E-state index is 12.5. The van der Waals surface area contributed by atoms with Crippen molar-refractivity contribution in [1.29, 1.82) is 0 Å². The van der Waals surface area contributed by atoms with Crippen LogP contribution in [0.3, 0.4) is 0 Å². The third-order valence-electron chi connectivity index (χ3n) is 2.53. The summed E-state index contributed by atoms with van der Waals surface area (Å²) >= 11 is 0. The van der Waals surface area contributed by atoms with Gasteiger partial charge in [0.25, 0.3) is 0 Å².